The number of fused-ring (bicyclic) bond motifs is 1. The van der Waals surface area contributed by atoms with Gasteiger partial charge in [0.1, 0.15) is 11.5 Å². The highest BCUT2D eigenvalue weighted by atomic mass is 79.9. The third-order valence-corrected chi connectivity index (χ3v) is 4.14. The zero-order valence-corrected chi connectivity index (χ0v) is 15.3. The molecule has 0 unspecified atom stereocenters. The number of ether oxygens (including phenoxy) is 2. The number of rotatable bonds is 8. The lowest BCUT2D eigenvalue weighted by Crippen LogP contribution is -2.04. The molecule has 0 aliphatic rings. The highest BCUT2D eigenvalue weighted by Gasteiger charge is 2.06. The molecular formula is C19H25BrO2. The first kappa shape index (κ1) is 17.1. The maximum Gasteiger partial charge on any atom is 0.122 e. The number of hydrogen-bond acceptors (Lipinski definition) is 2. The second-order valence-electron chi connectivity index (χ2n) is 6.02. The molecule has 0 atom stereocenters. The maximum atomic E-state index is 5.90. The standard InChI is InChI=1S/C19H25BrO2/c1-14(2)13-22-17-7-8-18-15(3)19(9-6-16(18)12-17)21-11-5-4-10-20/h6-9,12,14H,4-5,10-11,13H2,1-3H3. The summed E-state index contributed by atoms with van der Waals surface area (Å²) in [7, 11) is 0. The van der Waals surface area contributed by atoms with Crippen LogP contribution in [0.15, 0.2) is 30.3 Å². The Hall–Kier alpha value is -1.22. The average Bonchev–Trinajstić information content (AvgIpc) is 2.51. The fourth-order valence-electron chi connectivity index (χ4n) is 2.33. The SMILES string of the molecule is Cc1c(OCCCCBr)ccc2cc(OCC(C)C)ccc12. The second-order valence-corrected chi connectivity index (χ2v) is 6.81. The van der Waals surface area contributed by atoms with Crippen molar-refractivity contribution in [3.05, 3.63) is 35.9 Å². The van der Waals surface area contributed by atoms with Gasteiger partial charge in [0.25, 0.3) is 0 Å². The highest BCUT2D eigenvalue weighted by molar-refractivity contribution is 9.09. The fourth-order valence-corrected chi connectivity index (χ4v) is 2.73. The van der Waals surface area contributed by atoms with E-state index in [1.54, 1.807) is 0 Å². The van der Waals surface area contributed by atoms with Crippen molar-refractivity contribution >= 4 is 26.7 Å². The summed E-state index contributed by atoms with van der Waals surface area (Å²) >= 11 is 3.44. The van der Waals surface area contributed by atoms with Gasteiger partial charge < -0.3 is 9.47 Å². The van der Waals surface area contributed by atoms with E-state index in [0.29, 0.717) is 5.92 Å². The van der Waals surface area contributed by atoms with Crippen molar-refractivity contribution in [2.24, 2.45) is 5.92 Å². The van der Waals surface area contributed by atoms with Crippen molar-refractivity contribution in [1.29, 1.82) is 0 Å². The molecular weight excluding hydrogens is 340 g/mol. The van der Waals surface area contributed by atoms with Crippen LogP contribution in [0.2, 0.25) is 0 Å². The number of halogens is 1. The molecule has 0 fully saturated rings. The third-order valence-electron chi connectivity index (χ3n) is 3.58. The molecule has 2 aromatic carbocycles. The predicted octanol–water partition coefficient (Wildman–Crippen LogP) is 5.74. The molecule has 0 radical (unpaired) electrons. The Labute approximate surface area is 141 Å². The lowest BCUT2D eigenvalue weighted by molar-refractivity contribution is 0.271. The Morgan fingerprint density at radius 3 is 2.59 bits per heavy atom. The Morgan fingerprint density at radius 2 is 1.86 bits per heavy atom. The van der Waals surface area contributed by atoms with Crippen molar-refractivity contribution in [3.8, 4) is 11.5 Å². The van der Waals surface area contributed by atoms with Crippen LogP contribution in [0.5, 0.6) is 11.5 Å². The molecule has 0 spiro atoms. The van der Waals surface area contributed by atoms with E-state index in [1.807, 2.05) is 6.07 Å². The predicted molar refractivity (Wildman–Crippen MR) is 97.5 cm³/mol. The minimum Gasteiger partial charge on any atom is -0.493 e. The summed E-state index contributed by atoms with van der Waals surface area (Å²) in [4.78, 5) is 0. The molecule has 0 aliphatic carbocycles. The van der Waals surface area contributed by atoms with E-state index < -0.39 is 0 Å². The van der Waals surface area contributed by atoms with Gasteiger partial charge in [-0.1, -0.05) is 41.9 Å². The minimum atomic E-state index is 0.535. The zero-order valence-electron chi connectivity index (χ0n) is 13.7. The molecule has 22 heavy (non-hydrogen) atoms. The van der Waals surface area contributed by atoms with Crippen LogP contribution in [0.3, 0.4) is 0 Å². The molecule has 0 aliphatic heterocycles. The van der Waals surface area contributed by atoms with Crippen molar-refractivity contribution in [2.75, 3.05) is 18.5 Å². The van der Waals surface area contributed by atoms with E-state index in [2.05, 4.69) is 61.0 Å². The Balaban J connectivity index is 2.12. The molecule has 0 heterocycles. The fraction of sp³-hybridized carbons (Fsp3) is 0.474. The molecule has 0 N–H and O–H groups in total. The van der Waals surface area contributed by atoms with Gasteiger partial charge in [-0.25, -0.2) is 0 Å². The van der Waals surface area contributed by atoms with Crippen LogP contribution in [0.25, 0.3) is 10.8 Å². The molecule has 0 aromatic heterocycles. The topological polar surface area (TPSA) is 18.5 Å². The quantitative estimate of drug-likeness (QED) is 0.439. The lowest BCUT2D eigenvalue weighted by Gasteiger charge is -2.13. The first-order valence-electron chi connectivity index (χ1n) is 7.96. The van der Waals surface area contributed by atoms with E-state index in [4.69, 9.17) is 9.47 Å². The number of hydrogen-bond donors (Lipinski definition) is 0. The van der Waals surface area contributed by atoms with Crippen LogP contribution < -0.4 is 9.47 Å². The van der Waals surface area contributed by atoms with Gasteiger partial charge in [0.05, 0.1) is 13.2 Å². The normalized spacial score (nSPS) is 11.1. The summed E-state index contributed by atoms with van der Waals surface area (Å²) in [6.45, 7) is 7.96. The van der Waals surface area contributed by atoms with E-state index >= 15 is 0 Å². The number of alkyl halides is 1. The van der Waals surface area contributed by atoms with Crippen LogP contribution >= 0.6 is 15.9 Å². The van der Waals surface area contributed by atoms with Crippen molar-refractivity contribution in [2.45, 2.75) is 33.6 Å². The first-order valence-corrected chi connectivity index (χ1v) is 9.09. The monoisotopic (exact) mass is 364 g/mol. The largest absolute Gasteiger partial charge is 0.493 e. The lowest BCUT2D eigenvalue weighted by atomic mass is 10.0. The van der Waals surface area contributed by atoms with Gasteiger partial charge in [0.2, 0.25) is 0 Å². The zero-order chi connectivity index (χ0) is 15.9. The number of benzene rings is 2. The van der Waals surface area contributed by atoms with E-state index in [9.17, 15) is 0 Å². The van der Waals surface area contributed by atoms with Crippen LogP contribution in [-0.4, -0.2) is 18.5 Å². The molecule has 0 amide bonds. The smallest absolute Gasteiger partial charge is 0.122 e. The molecule has 2 rings (SSSR count). The van der Waals surface area contributed by atoms with Crippen LogP contribution in [-0.2, 0) is 0 Å². The highest BCUT2D eigenvalue weighted by Crippen LogP contribution is 2.30. The van der Waals surface area contributed by atoms with Crippen molar-refractivity contribution in [1.82, 2.24) is 0 Å². The Bertz CT molecular complexity index is 608. The van der Waals surface area contributed by atoms with Crippen LogP contribution in [0, 0.1) is 12.8 Å². The average molecular weight is 365 g/mol. The van der Waals surface area contributed by atoms with Gasteiger partial charge >= 0.3 is 0 Å². The third kappa shape index (κ3) is 4.64. The second kappa shape index (κ2) is 8.42. The van der Waals surface area contributed by atoms with Gasteiger partial charge in [-0.3, -0.25) is 0 Å². The van der Waals surface area contributed by atoms with Gasteiger partial charge in [0.15, 0.2) is 0 Å². The van der Waals surface area contributed by atoms with Crippen molar-refractivity contribution in [3.63, 3.8) is 0 Å². The Morgan fingerprint density at radius 1 is 1.05 bits per heavy atom. The van der Waals surface area contributed by atoms with Gasteiger partial charge in [-0.15, -0.1) is 0 Å². The molecule has 2 nitrogen and oxygen atoms in total. The summed E-state index contributed by atoms with van der Waals surface area (Å²) in [5.74, 6) is 2.46. The molecule has 2 aromatic rings. The number of aryl methyl sites for hydroxylation is 1. The molecule has 0 saturated carbocycles. The molecule has 120 valence electrons. The van der Waals surface area contributed by atoms with Gasteiger partial charge in [0, 0.05) is 5.33 Å². The first-order chi connectivity index (χ1) is 10.6. The summed E-state index contributed by atoms with van der Waals surface area (Å²) in [6, 6.07) is 10.5. The summed E-state index contributed by atoms with van der Waals surface area (Å²) in [5.41, 5.74) is 1.20. The van der Waals surface area contributed by atoms with E-state index in [-0.39, 0.29) is 0 Å². The van der Waals surface area contributed by atoms with Crippen LogP contribution in [0.4, 0.5) is 0 Å². The maximum absolute atomic E-state index is 5.90. The minimum absolute atomic E-state index is 0.535. The number of unbranched alkanes of at least 4 members (excludes halogenated alkanes) is 1. The molecule has 3 heteroatoms. The summed E-state index contributed by atoms with van der Waals surface area (Å²) in [6.07, 6.45) is 2.22. The van der Waals surface area contributed by atoms with Gasteiger partial charge in [-0.05, 0) is 60.2 Å². The van der Waals surface area contributed by atoms with Gasteiger partial charge in [-0.2, -0.15) is 0 Å². The van der Waals surface area contributed by atoms with Crippen molar-refractivity contribution < 1.29 is 9.47 Å². The summed E-state index contributed by atoms with van der Waals surface area (Å²) < 4.78 is 11.7. The van der Waals surface area contributed by atoms with E-state index in [1.165, 1.54) is 16.3 Å². The van der Waals surface area contributed by atoms with Crippen LogP contribution in [0.1, 0.15) is 32.3 Å². The Kier molecular flexibility index (Phi) is 6.56. The van der Waals surface area contributed by atoms with E-state index in [0.717, 1.165) is 42.9 Å². The molecule has 0 saturated heterocycles. The summed E-state index contributed by atoms with van der Waals surface area (Å²) in [5, 5.41) is 3.47. The molecule has 0 bridgehead atoms.